The van der Waals surface area contributed by atoms with Gasteiger partial charge < -0.3 is 14.8 Å². The van der Waals surface area contributed by atoms with Crippen LogP contribution in [0.5, 0.6) is 11.5 Å². The molecule has 0 bridgehead atoms. The van der Waals surface area contributed by atoms with Crippen LogP contribution >= 0.6 is 11.3 Å². The number of amides is 1. The topological polar surface area (TPSA) is 84.8 Å². The molecule has 42 heavy (non-hydrogen) atoms. The summed E-state index contributed by atoms with van der Waals surface area (Å²) in [6.45, 7) is 7.44. The van der Waals surface area contributed by atoms with E-state index in [1.165, 1.54) is 49.0 Å². The molecule has 0 unspecified atom stereocenters. The molecular formula is C34H40N4O3S. The van der Waals surface area contributed by atoms with E-state index in [0.29, 0.717) is 24.5 Å². The second-order valence-corrected chi connectivity index (χ2v) is 10.9. The highest BCUT2D eigenvalue weighted by Crippen LogP contribution is 2.29. The van der Waals surface area contributed by atoms with E-state index in [2.05, 4.69) is 46.8 Å². The predicted molar refractivity (Wildman–Crippen MR) is 174 cm³/mol. The zero-order valence-electron chi connectivity index (χ0n) is 24.7. The Kier molecular flexibility index (Phi) is 12.0. The molecule has 7 nitrogen and oxygen atoms in total. The maximum absolute atomic E-state index is 12.7. The summed E-state index contributed by atoms with van der Waals surface area (Å²) in [6, 6.07) is 21.2. The van der Waals surface area contributed by atoms with E-state index in [4.69, 9.17) is 9.47 Å². The molecule has 0 fully saturated rings. The summed E-state index contributed by atoms with van der Waals surface area (Å²) in [5, 5.41) is 10.3. The Bertz CT molecular complexity index is 1430. The van der Waals surface area contributed by atoms with Crippen LogP contribution in [-0.4, -0.2) is 30.3 Å². The highest BCUT2D eigenvalue weighted by molar-refractivity contribution is 7.14. The molecule has 0 aliphatic heterocycles. The number of hydrazone groups is 1. The molecule has 1 aromatic heterocycles. The van der Waals surface area contributed by atoms with Crippen molar-refractivity contribution in [2.45, 2.75) is 59.3 Å². The normalized spacial score (nSPS) is 11.0. The minimum atomic E-state index is -0.290. The number of aromatic nitrogens is 1. The van der Waals surface area contributed by atoms with Gasteiger partial charge >= 0.3 is 0 Å². The minimum Gasteiger partial charge on any atom is -0.490 e. The first-order chi connectivity index (χ1) is 20.6. The van der Waals surface area contributed by atoms with Crippen molar-refractivity contribution >= 4 is 34.3 Å². The first-order valence-corrected chi connectivity index (χ1v) is 15.6. The van der Waals surface area contributed by atoms with E-state index < -0.39 is 0 Å². The smallest absolute Gasteiger partial charge is 0.271 e. The molecule has 220 valence electrons. The highest BCUT2D eigenvalue weighted by Gasteiger charge is 2.09. The number of nitrogens with zero attached hydrogens (tertiary/aromatic N) is 2. The number of carbonyl (C=O) groups is 1. The molecule has 3 aromatic carbocycles. The van der Waals surface area contributed by atoms with E-state index in [1.807, 2.05) is 54.8 Å². The van der Waals surface area contributed by atoms with Gasteiger partial charge in [0.2, 0.25) is 0 Å². The van der Waals surface area contributed by atoms with Crippen LogP contribution in [0.2, 0.25) is 0 Å². The van der Waals surface area contributed by atoms with Crippen molar-refractivity contribution in [3.05, 3.63) is 88.8 Å². The number of carbonyl (C=O) groups excluding carboxylic acids is 1. The number of nitrogens with one attached hydrogen (secondary N) is 2. The number of benzene rings is 3. The average Bonchev–Trinajstić information content (AvgIpc) is 3.47. The molecule has 1 amide bonds. The van der Waals surface area contributed by atoms with E-state index >= 15 is 0 Å². The fourth-order valence-corrected chi connectivity index (χ4v) is 5.04. The Hall–Kier alpha value is -4.17. The Balaban J connectivity index is 1.28. The molecule has 2 N–H and O–H groups in total. The monoisotopic (exact) mass is 584 g/mol. The minimum absolute atomic E-state index is 0.290. The van der Waals surface area contributed by atoms with Crippen molar-refractivity contribution < 1.29 is 14.3 Å². The molecule has 1 heterocycles. The summed E-state index contributed by atoms with van der Waals surface area (Å²) >= 11 is 1.54. The molecular weight excluding hydrogens is 544 g/mol. The van der Waals surface area contributed by atoms with Crippen LogP contribution in [0.3, 0.4) is 0 Å². The van der Waals surface area contributed by atoms with Crippen LogP contribution in [0.4, 0.5) is 10.8 Å². The summed E-state index contributed by atoms with van der Waals surface area (Å²) < 4.78 is 11.8. The molecule has 4 aromatic rings. The van der Waals surface area contributed by atoms with Gasteiger partial charge in [0.1, 0.15) is 0 Å². The third-order valence-electron chi connectivity index (χ3n) is 6.65. The number of hydrogen-bond donors (Lipinski definition) is 2. The molecule has 0 radical (unpaired) electrons. The molecule has 0 atom stereocenters. The maximum atomic E-state index is 12.7. The molecule has 0 saturated heterocycles. The summed E-state index contributed by atoms with van der Waals surface area (Å²) in [4.78, 5) is 17.4. The highest BCUT2D eigenvalue weighted by atomic mass is 32.1. The van der Waals surface area contributed by atoms with Crippen molar-refractivity contribution in [2.24, 2.45) is 5.10 Å². The van der Waals surface area contributed by atoms with Gasteiger partial charge in [-0.05, 0) is 68.3 Å². The van der Waals surface area contributed by atoms with Gasteiger partial charge in [-0.1, -0.05) is 68.9 Å². The summed E-state index contributed by atoms with van der Waals surface area (Å²) in [6.07, 6.45) is 8.90. The number of thiazole rings is 1. The van der Waals surface area contributed by atoms with Crippen LogP contribution in [-0.2, 0) is 0 Å². The Morgan fingerprint density at radius 1 is 0.905 bits per heavy atom. The van der Waals surface area contributed by atoms with E-state index in [1.54, 1.807) is 18.3 Å². The summed E-state index contributed by atoms with van der Waals surface area (Å²) in [5.41, 5.74) is 7.92. The predicted octanol–water partition coefficient (Wildman–Crippen LogP) is 8.76. The quantitative estimate of drug-likeness (QED) is 0.0781. The van der Waals surface area contributed by atoms with Crippen molar-refractivity contribution in [1.82, 2.24) is 10.4 Å². The fraction of sp³-hybridized carbons (Fsp3) is 0.324. The van der Waals surface area contributed by atoms with Crippen molar-refractivity contribution in [3.8, 4) is 22.8 Å². The number of anilines is 2. The number of unbranched alkanes of at least 4 members (excludes halogenated alkanes) is 5. The average molecular weight is 585 g/mol. The van der Waals surface area contributed by atoms with Gasteiger partial charge in [0.05, 0.1) is 25.1 Å². The maximum Gasteiger partial charge on any atom is 0.271 e. The number of hydrogen-bond acceptors (Lipinski definition) is 7. The third kappa shape index (κ3) is 9.45. The van der Waals surface area contributed by atoms with E-state index in [0.717, 1.165) is 39.8 Å². The molecule has 0 spiro atoms. The molecule has 8 heteroatoms. The standard InChI is InChI=1S/C34H40N4O3S/c1-4-6-7-8-9-10-21-41-31-20-13-26(22-32(31)40-5-2)23-35-38-33(39)28-16-14-27(15-17-28)30-24-42-34(37-30)36-29-18-11-25(3)12-19-29/h11-20,22-24H,4-10,21H2,1-3H3,(H,36,37)(H,38,39)/b35-23+. The van der Waals surface area contributed by atoms with Crippen LogP contribution in [0.1, 0.15) is 73.9 Å². The van der Waals surface area contributed by atoms with E-state index in [9.17, 15) is 4.79 Å². The SMILES string of the molecule is CCCCCCCCOc1ccc(/C=N/NC(=O)c2ccc(-c3csc(Nc4ccc(C)cc4)n3)cc2)cc1OCC. The van der Waals surface area contributed by atoms with Crippen LogP contribution in [0, 0.1) is 6.92 Å². The van der Waals surface area contributed by atoms with Crippen molar-refractivity contribution in [2.75, 3.05) is 18.5 Å². The first kappa shape index (κ1) is 30.8. The van der Waals surface area contributed by atoms with Gasteiger partial charge in [0, 0.05) is 22.2 Å². The van der Waals surface area contributed by atoms with Gasteiger partial charge in [-0.25, -0.2) is 10.4 Å². The second-order valence-electron chi connectivity index (χ2n) is 10.1. The third-order valence-corrected chi connectivity index (χ3v) is 7.41. The number of aryl methyl sites for hydroxylation is 1. The lowest BCUT2D eigenvalue weighted by atomic mass is 10.1. The molecule has 0 saturated carbocycles. The van der Waals surface area contributed by atoms with E-state index in [-0.39, 0.29) is 5.91 Å². The van der Waals surface area contributed by atoms with Gasteiger partial charge in [0.25, 0.3) is 5.91 Å². The Morgan fingerprint density at radius 2 is 1.67 bits per heavy atom. The van der Waals surface area contributed by atoms with Gasteiger partial charge in [-0.15, -0.1) is 11.3 Å². The molecule has 0 aliphatic rings. The molecule has 0 aliphatic carbocycles. The first-order valence-electron chi connectivity index (χ1n) is 14.7. The Morgan fingerprint density at radius 3 is 2.43 bits per heavy atom. The lowest BCUT2D eigenvalue weighted by Gasteiger charge is -2.12. The fourth-order valence-electron chi connectivity index (χ4n) is 4.30. The second kappa shape index (κ2) is 16.3. The van der Waals surface area contributed by atoms with Crippen LogP contribution < -0.4 is 20.2 Å². The van der Waals surface area contributed by atoms with Gasteiger partial charge in [-0.3, -0.25) is 4.79 Å². The van der Waals surface area contributed by atoms with Gasteiger partial charge in [0.15, 0.2) is 16.6 Å². The zero-order chi connectivity index (χ0) is 29.6. The van der Waals surface area contributed by atoms with Crippen molar-refractivity contribution in [1.29, 1.82) is 0 Å². The lowest BCUT2D eigenvalue weighted by Crippen LogP contribution is -2.17. The van der Waals surface area contributed by atoms with Crippen molar-refractivity contribution in [3.63, 3.8) is 0 Å². The Labute approximate surface area is 253 Å². The van der Waals surface area contributed by atoms with Crippen LogP contribution in [0.25, 0.3) is 11.3 Å². The van der Waals surface area contributed by atoms with Gasteiger partial charge in [-0.2, -0.15) is 5.10 Å². The summed E-state index contributed by atoms with van der Waals surface area (Å²) in [5.74, 6) is 1.11. The zero-order valence-corrected chi connectivity index (χ0v) is 25.5. The number of ether oxygens (including phenoxy) is 2. The number of rotatable bonds is 16. The lowest BCUT2D eigenvalue weighted by molar-refractivity contribution is 0.0955. The summed E-state index contributed by atoms with van der Waals surface area (Å²) in [7, 11) is 0. The van der Waals surface area contributed by atoms with Crippen LogP contribution in [0.15, 0.2) is 77.2 Å². The molecule has 4 rings (SSSR count). The largest absolute Gasteiger partial charge is 0.490 e.